The summed E-state index contributed by atoms with van der Waals surface area (Å²) < 4.78 is 5.29. The lowest BCUT2D eigenvalue weighted by atomic mass is 10.2. The zero-order chi connectivity index (χ0) is 13.1. The smallest absolute Gasteiger partial charge is 0.314 e. The molecular weight excluding hydrogens is 299 g/mol. The minimum Gasteiger partial charge on any atom is -0.481 e. The van der Waals surface area contributed by atoms with E-state index in [0.717, 1.165) is 11.8 Å². The van der Waals surface area contributed by atoms with E-state index in [-0.39, 0.29) is 16.9 Å². The van der Waals surface area contributed by atoms with E-state index in [0.29, 0.717) is 15.6 Å². The standard InChI is InChI=1S/C10H6Cl2N2O3S/c11-6-2-1-5(3-7(6)12)9-13-14-10(17-9)18-4-8(15)16/h1-3H,4H2,(H,15,16). The monoisotopic (exact) mass is 304 g/mol. The van der Waals surface area contributed by atoms with Gasteiger partial charge in [-0.25, -0.2) is 0 Å². The van der Waals surface area contributed by atoms with Gasteiger partial charge >= 0.3 is 5.97 Å². The van der Waals surface area contributed by atoms with Crippen LogP contribution in [0.25, 0.3) is 11.5 Å². The number of nitrogens with zero attached hydrogens (tertiary/aromatic N) is 2. The molecule has 0 unspecified atom stereocenters. The lowest BCUT2D eigenvalue weighted by Gasteiger charge is -1.97. The van der Waals surface area contributed by atoms with E-state index in [2.05, 4.69) is 10.2 Å². The van der Waals surface area contributed by atoms with Gasteiger partial charge in [-0.3, -0.25) is 4.79 Å². The molecule has 0 aliphatic carbocycles. The molecule has 0 aliphatic rings. The van der Waals surface area contributed by atoms with Gasteiger partial charge < -0.3 is 9.52 Å². The van der Waals surface area contributed by atoms with Crippen LogP contribution in [-0.2, 0) is 4.79 Å². The summed E-state index contributed by atoms with van der Waals surface area (Å²) in [4.78, 5) is 10.4. The zero-order valence-electron chi connectivity index (χ0n) is 8.76. The van der Waals surface area contributed by atoms with Crippen LogP contribution in [0.5, 0.6) is 0 Å². The van der Waals surface area contributed by atoms with Gasteiger partial charge in [-0.1, -0.05) is 35.0 Å². The number of thioether (sulfide) groups is 1. The topological polar surface area (TPSA) is 76.2 Å². The van der Waals surface area contributed by atoms with E-state index >= 15 is 0 Å². The highest BCUT2D eigenvalue weighted by atomic mass is 35.5. The Morgan fingerprint density at radius 2 is 2.11 bits per heavy atom. The first-order valence-corrected chi connectivity index (χ1v) is 6.44. The van der Waals surface area contributed by atoms with Crippen molar-refractivity contribution in [3.8, 4) is 11.5 Å². The molecule has 2 aromatic rings. The molecule has 0 spiro atoms. The van der Waals surface area contributed by atoms with Crippen molar-refractivity contribution in [2.24, 2.45) is 0 Å². The first kappa shape index (κ1) is 13.2. The zero-order valence-corrected chi connectivity index (χ0v) is 11.1. The Hall–Kier alpha value is -1.24. The SMILES string of the molecule is O=C(O)CSc1nnc(-c2ccc(Cl)c(Cl)c2)o1. The molecule has 0 saturated heterocycles. The first-order chi connectivity index (χ1) is 8.56. The van der Waals surface area contributed by atoms with Crippen molar-refractivity contribution in [3.05, 3.63) is 28.2 Å². The lowest BCUT2D eigenvalue weighted by molar-refractivity contribution is -0.133. The third-order valence-corrected chi connectivity index (χ3v) is 3.43. The van der Waals surface area contributed by atoms with Gasteiger partial charge in [0, 0.05) is 5.56 Å². The average molecular weight is 305 g/mol. The summed E-state index contributed by atoms with van der Waals surface area (Å²) in [6.07, 6.45) is 0. The maximum Gasteiger partial charge on any atom is 0.314 e. The van der Waals surface area contributed by atoms with Crippen molar-refractivity contribution in [2.45, 2.75) is 5.22 Å². The Morgan fingerprint density at radius 3 is 2.78 bits per heavy atom. The molecule has 1 heterocycles. The minimum atomic E-state index is -0.950. The van der Waals surface area contributed by atoms with Crippen molar-refractivity contribution in [1.29, 1.82) is 0 Å². The van der Waals surface area contributed by atoms with Crippen LogP contribution >= 0.6 is 35.0 Å². The quantitative estimate of drug-likeness (QED) is 0.874. The Labute approximate surface area is 116 Å². The van der Waals surface area contributed by atoms with Gasteiger partial charge in [0.1, 0.15) is 5.75 Å². The third-order valence-electron chi connectivity index (χ3n) is 1.89. The molecular formula is C10H6Cl2N2O3S. The number of hydrogen-bond donors (Lipinski definition) is 1. The predicted octanol–water partition coefficient (Wildman–Crippen LogP) is 3.22. The van der Waals surface area contributed by atoms with Crippen LogP contribution in [0.2, 0.25) is 10.0 Å². The van der Waals surface area contributed by atoms with Gasteiger partial charge in [-0.15, -0.1) is 10.2 Å². The van der Waals surface area contributed by atoms with Gasteiger partial charge in [0.15, 0.2) is 0 Å². The van der Waals surface area contributed by atoms with E-state index in [1.807, 2.05) is 0 Å². The average Bonchev–Trinajstić information content (AvgIpc) is 2.79. The van der Waals surface area contributed by atoms with Crippen molar-refractivity contribution < 1.29 is 14.3 Å². The van der Waals surface area contributed by atoms with Gasteiger partial charge in [-0.05, 0) is 18.2 Å². The maximum atomic E-state index is 10.4. The largest absolute Gasteiger partial charge is 0.481 e. The second kappa shape index (κ2) is 5.60. The fraction of sp³-hybridized carbons (Fsp3) is 0.100. The van der Waals surface area contributed by atoms with Crippen LogP contribution in [0.15, 0.2) is 27.8 Å². The molecule has 8 heteroatoms. The molecule has 0 fully saturated rings. The molecule has 1 N–H and O–H groups in total. The summed E-state index contributed by atoms with van der Waals surface area (Å²) >= 11 is 12.6. The van der Waals surface area contributed by atoms with Gasteiger partial charge in [0.05, 0.1) is 10.0 Å². The first-order valence-electron chi connectivity index (χ1n) is 4.70. The van der Waals surface area contributed by atoms with Crippen molar-refractivity contribution in [2.75, 3.05) is 5.75 Å². The highest BCUT2D eigenvalue weighted by Gasteiger charge is 2.11. The highest BCUT2D eigenvalue weighted by Crippen LogP contribution is 2.29. The summed E-state index contributed by atoms with van der Waals surface area (Å²) in [5.74, 6) is -0.820. The summed E-state index contributed by atoms with van der Waals surface area (Å²) in [5.41, 5.74) is 0.624. The second-order valence-corrected chi connectivity index (χ2v) is 4.93. The van der Waals surface area contributed by atoms with Crippen molar-refractivity contribution in [3.63, 3.8) is 0 Å². The number of carboxylic acid groups (broad SMARTS) is 1. The fourth-order valence-electron chi connectivity index (χ4n) is 1.14. The Bertz CT molecular complexity index is 588. The number of aromatic nitrogens is 2. The fourth-order valence-corrected chi connectivity index (χ4v) is 1.92. The molecule has 0 bridgehead atoms. The van der Waals surface area contributed by atoms with Crippen LogP contribution in [0.3, 0.4) is 0 Å². The van der Waals surface area contributed by atoms with Crippen LogP contribution in [0.1, 0.15) is 0 Å². The summed E-state index contributed by atoms with van der Waals surface area (Å²) in [5, 5.41) is 17.1. The molecule has 5 nitrogen and oxygen atoms in total. The summed E-state index contributed by atoms with van der Waals surface area (Å²) in [7, 11) is 0. The third kappa shape index (κ3) is 3.16. The number of aliphatic carboxylic acids is 1. The van der Waals surface area contributed by atoms with Gasteiger partial charge in [-0.2, -0.15) is 0 Å². The molecule has 0 aliphatic heterocycles. The number of halogens is 2. The Kier molecular flexibility index (Phi) is 4.11. The van der Waals surface area contributed by atoms with Gasteiger partial charge in [0.2, 0.25) is 5.89 Å². The molecule has 0 radical (unpaired) electrons. The van der Waals surface area contributed by atoms with E-state index in [4.69, 9.17) is 32.7 Å². The van der Waals surface area contributed by atoms with E-state index < -0.39 is 5.97 Å². The normalized spacial score (nSPS) is 10.6. The number of rotatable bonds is 4. The van der Waals surface area contributed by atoms with Crippen LogP contribution in [0.4, 0.5) is 0 Å². The molecule has 94 valence electrons. The predicted molar refractivity (Wildman–Crippen MR) is 68.1 cm³/mol. The van der Waals surface area contributed by atoms with Crippen LogP contribution < -0.4 is 0 Å². The molecule has 0 atom stereocenters. The number of benzene rings is 1. The molecule has 18 heavy (non-hydrogen) atoms. The molecule has 2 rings (SSSR count). The van der Waals surface area contributed by atoms with E-state index in [9.17, 15) is 4.79 Å². The van der Waals surface area contributed by atoms with E-state index in [1.165, 1.54) is 0 Å². The molecule has 0 saturated carbocycles. The summed E-state index contributed by atoms with van der Waals surface area (Å²) in [6.45, 7) is 0. The highest BCUT2D eigenvalue weighted by molar-refractivity contribution is 7.99. The second-order valence-electron chi connectivity index (χ2n) is 3.18. The van der Waals surface area contributed by atoms with Crippen molar-refractivity contribution >= 4 is 40.9 Å². The Morgan fingerprint density at radius 1 is 1.33 bits per heavy atom. The molecule has 0 amide bonds. The maximum absolute atomic E-state index is 10.4. The van der Waals surface area contributed by atoms with Gasteiger partial charge in [0.25, 0.3) is 5.22 Å². The molecule has 1 aromatic heterocycles. The van der Waals surface area contributed by atoms with E-state index in [1.54, 1.807) is 18.2 Å². The number of hydrogen-bond acceptors (Lipinski definition) is 5. The number of carbonyl (C=O) groups is 1. The number of carboxylic acids is 1. The Balaban J connectivity index is 2.18. The lowest BCUT2D eigenvalue weighted by Crippen LogP contribution is -1.97. The van der Waals surface area contributed by atoms with Crippen molar-refractivity contribution in [1.82, 2.24) is 10.2 Å². The van der Waals surface area contributed by atoms with Crippen LogP contribution in [0, 0.1) is 0 Å². The van der Waals surface area contributed by atoms with Crippen LogP contribution in [-0.4, -0.2) is 27.0 Å². The molecule has 1 aromatic carbocycles. The summed E-state index contributed by atoms with van der Waals surface area (Å²) in [6, 6.07) is 4.91. The minimum absolute atomic E-state index is 0.136.